The smallest absolute Gasteiger partial charge is 0.269 e. The van der Waals surface area contributed by atoms with Crippen LogP contribution in [0, 0.1) is 10.1 Å². The fraction of sp³-hybridized carbons (Fsp3) is 0.455. The molecule has 0 atom stereocenters. The summed E-state index contributed by atoms with van der Waals surface area (Å²) in [5.74, 6) is 0.488. The second kappa shape index (κ2) is 3.98. The van der Waals surface area contributed by atoms with E-state index in [1.165, 1.54) is 6.07 Å². The number of nitrogens with zero attached hydrogens (tertiary/aromatic N) is 1. The van der Waals surface area contributed by atoms with Crippen LogP contribution in [0.5, 0.6) is 0 Å². The highest BCUT2D eigenvalue weighted by Crippen LogP contribution is 2.37. The molecule has 15 heavy (non-hydrogen) atoms. The number of benzene rings is 1. The van der Waals surface area contributed by atoms with Gasteiger partial charge < -0.3 is 5.32 Å². The van der Waals surface area contributed by atoms with Gasteiger partial charge in [0.05, 0.1) is 4.92 Å². The highest BCUT2D eigenvalue weighted by molar-refractivity contribution is 5.37. The number of nitrogens with one attached hydrogen (secondary N) is 1. The molecule has 4 heteroatoms. The molecule has 80 valence electrons. The second-order valence-electron chi connectivity index (χ2n) is 4.01. The van der Waals surface area contributed by atoms with Crippen LogP contribution in [0.15, 0.2) is 24.3 Å². The highest BCUT2D eigenvalue weighted by Gasteiger charge is 2.29. The predicted octanol–water partition coefficient (Wildman–Crippen LogP) is 2.06. The molecule has 0 bridgehead atoms. The van der Waals surface area contributed by atoms with Gasteiger partial charge in [0.15, 0.2) is 0 Å². The van der Waals surface area contributed by atoms with Crippen LogP contribution in [-0.4, -0.2) is 18.0 Å². The van der Waals surface area contributed by atoms with Gasteiger partial charge >= 0.3 is 0 Å². The summed E-state index contributed by atoms with van der Waals surface area (Å²) in [5.41, 5.74) is 1.29. The first-order chi connectivity index (χ1) is 7.20. The summed E-state index contributed by atoms with van der Waals surface area (Å²) >= 11 is 0. The maximum atomic E-state index is 10.6. The summed E-state index contributed by atoms with van der Waals surface area (Å²) in [4.78, 5) is 10.3. The fourth-order valence-electron chi connectivity index (χ4n) is 2.02. The molecule has 0 spiro atoms. The molecule has 0 amide bonds. The molecule has 0 saturated heterocycles. The van der Waals surface area contributed by atoms with E-state index in [-0.39, 0.29) is 10.6 Å². The molecule has 2 rings (SSSR count). The van der Waals surface area contributed by atoms with Crippen molar-refractivity contribution in [2.24, 2.45) is 0 Å². The van der Waals surface area contributed by atoms with Crippen molar-refractivity contribution < 1.29 is 4.92 Å². The van der Waals surface area contributed by atoms with E-state index in [2.05, 4.69) is 5.32 Å². The SMILES string of the molecule is CNC1CC(c2cccc([N+](=O)[O-])c2)C1. The van der Waals surface area contributed by atoms with Crippen molar-refractivity contribution >= 4 is 5.69 Å². The number of hydrogen-bond acceptors (Lipinski definition) is 3. The normalized spacial score (nSPS) is 24.6. The largest absolute Gasteiger partial charge is 0.317 e. The first-order valence-electron chi connectivity index (χ1n) is 5.12. The summed E-state index contributed by atoms with van der Waals surface area (Å²) in [6.07, 6.45) is 2.16. The molecule has 1 N–H and O–H groups in total. The third-order valence-electron chi connectivity index (χ3n) is 3.10. The molecule has 1 aromatic carbocycles. The lowest BCUT2D eigenvalue weighted by Gasteiger charge is -2.35. The van der Waals surface area contributed by atoms with Gasteiger partial charge in [0.1, 0.15) is 0 Å². The highest BCUT2D eigenvalue weighted by atomic mass is 16.6. The van der Waals surface area contributed by atoms with E-state index in [4.69, 9.17) is 0 Å². The molecular formula is C11H14N2O2. The van der Waals surface area contributed by atoms with E-state index in [0.717, 1.165) is 18.4 Å². The van der Waals surface area contributed by atoms with Crippen LogP contribution in [0.4, 0.5) is 5.69 Å². The molecular weight excluding hydrogens is 192 g/mol. The molecule has 1 aliphatic rings. The lowest BCUT2D eigenvalue weighted by molar-refractivity contribution is -0.384. The van der Waals surface area contributed by atoms with Crippen LogP contribution in [0.1, 0.15) is 24.3 Å². The summed E-state index contributed by atoms with van der Waals surface area (Å²) in [6.45, 7) is 0. The molecule has 1 aromatic rings. The van der Waals surface area contributed by atoms with Gasteiger partial charge in [-0.15, -0.1) is 0 Å². The average Bonchev–Trinajstić information content (AvgIpc) is 2.16. The van der Waals surface area contributed by atoms with Crippen LogP contribution in [-0.2, 0) is 0 Å². The maximum absolute atomic E-state index is 10.6. The molecule has 1 fully saturated rings. The summed E-state index contributed by atoms with van der Waals surface area (Å²) in [7, 11) is 1.95. The number of hydrogen-bond donors (Lipinski definition) is 1. The first-order valence-corrected chi connectivity index (χ1v) is 5.12. The Labute approximate surface area is 88.5 Å². The lowest BCUT2D eigenvalue weighted by Crippen LogP contribution is -2.37. The van der Waals surface area contributed by atoms with Crippen molar-refractivity contribution in [1.29, 1.82) is 0 Å². The van der Waals surface area contributed by atoms with E-state index in [0.29, 0.717) is 12.0 Å². The van der Waals surface area contributed by atoms with Crippen molar-refractivity contribution in [3.63, 3.8) is 0 Å². The van der Waals surface area contributed by atoms with Crippen molar-refractivity contribution in [3.8, 4) is 0 Å². The Balaban J connectivity index is 2.10. The van der Waals surface area contributed by atoms with Crippen LogP contribution >= 0.6 is 0 Å². The van der Waals surface area contributed by atoms with E-state index in [9.17, 15) is 10.1 Å². The maximum Gasteiger partial charge on any atom is 0.269 e. The standard InChI is InChI=1S/C11H14N2O2/c1-12-10-5-9(6-10)8-3-2-4-11(7-8)13(14)15/h2-4,7,9-10,12H,5-6H2,1H3. The minimum absolute atomic E-state index is 0.195. The zero-order valence-corrected chi connectivity index (χ0v) is 8.64. The van der Waals surface area contributed by atoms with Gasteiger partial charge in [0.25, 0.3) is 5.69 Å². The Kier molecular flexibility index (Phi) is 2.68. The predicted molar refractivity (Wildman–Crippen MR) is 57.9 cm³/mol. The van der Waals surface area contributed by atoms with Gasteiger partial charge in [-0.25, -0.2) is 0 Å². The topological polar surface area (TPSA) is 55.2 Å². The van der Waals surface area contributed by atoms with Crippen LogP contribution in [0.25, 0.3) is 0 Å². The fourth-order valence-corrected chi connectivity index (χ4v) is 2.02. The van der Waals surface area contributed by atoms with Gasteiger partial charge in [0, 0.05) is 18.2 Å². The Bertz CT molecular complexity index is 373. The summed E-state index contributed by atoms with van der Waals surface area (Å²) in [6, 6.07) is 7.55. The molecule has 0 radical (unpaired) electrons. The molecule has 1 saturated carbocycles. The Morgan fingerprint density at radius 3 is 2.80 bits per heavy atom. The number of non-ortho nitro benzene ring substituents is 1. The number of nitro benzene ring substituents is 1. The van der Waals surface area contributed by atoms with Crippen molar-refractivity contribution in [2.45, 2.75) is 24.8 Å². The molecule has 4 nitrogen and oxygen atoms in total. The van der Waals surface area contributed by atoms with Gasteiger partial charge in [-0.3, -0.25) is 10.1 Å². The molecule has 0 heterocycles. The van der Waals surface area contributed by atoms with E-state index in [1.54, 1.807) is 12.1 Å². The van der Waals surface area contributed by atoms with Gasteiger partial charge in [-0.05, 0) is 31.4 Å². The van der Waals surface area contributed by atoms with Crippen molar-refractivity contribution in [2.75, 3.05) is 7.05 Å². The number of rotatable bonds is 3. The third-order valence-corrected chi connectivity index (χ3v) is 3.10. The van der Waals surface area contributed by atoms with Crippen LogP contribution in [0.3, 0.4) is 0 Å². The average molecular weight is 206 g/mol. The van der Waals surface area contributed by atoms with Gasteiger partial charge in [0.2, 0.25) is 0 Å². The molecule has 0 aliphatic heterocycles. The second-order valence-corrected chi connectivity index (χ2v) is 4.01. The Morgan fingerprint density at radius 2 is 2.20 bits per heavy atom. The van der Waals surface area contributed by atoms with Gasteiger partial charge in [-0.2, -0.15) is 0 Å². The molecule has 1 aliphatic carbocycles. The Morgan fingerprint density at radius 1 is 1.47 bits per heavy atom. The zero-order chi connectivity index (χ0) is 10.8. The minimum Gasteiger partial charge on any atom is -0.317 e. The third kappa shape index (κ3) is 1.99. The lowest BCUT2D eigenvalue weighted by atomic mass is 9.76. The molecule has 0 unspecified atom stereocenters. The zero-order valence-electron chi connectivity index (χ0n) is 8.64. The Hall–Kier alpha value is -1.42. The monoisotopic (exact) mass is 206 g/mol. The van der Waals surface area contributed by atoms with Crippen molar-refractivity contribution in [3.05, 3.63) is 39.9 Å². The van der Waals surface area contributed by atoms with Gasteiger partial charge in [-0.1, -0.05) is 12.1 Å². The van der Waals surface area contributed by atoms with Crippen LogP contribution in [0.2, 0.25) is 0 Å². The van der Waals surface area contributed by atoms with E-state index < -0.39 is 0 Å². The minimum atomic E-state index is -0.336. The summed E-state index contributed by atoms with van der Waals surface area (Å²) < 4.78 is 0. The van der Waals surface area contributed by atoms with Crippen molar-refractivity contribution in [1.82, 2.24) is 5.32 Å². The van der Waals surface area contributed by atoms with E-state index >= 15 is 0 Å². The first kappa shape index (κ1) is 10.1. The quantitative estimate of drug-likeness (QED) is 0.608. The van der Waals surface area contributed by atoms with E-state index in [1.807, 2.05) is 13.1 Å². The molecule has 0 aromatic heterocycles. The number of nitro groups is 1. The summed E-state index contributed by atoms with van der Waals surface area (Å²) in [5, 5.41) is 13.8. The van der Waals surface area contributed by atoms with Crippen LogP contribution < -0.4 is 5.32 Å².